The first kappa shape index (κ1) is 15.8. The zero-order valence-corrected chi connectivity index (χ0v) is 12.6. The summed E-state index contributed by atoms with van der Waals surface area (Å²) in [6.07, 6.45) is -0.773. The summed E-state index contributed by atoms with van der Waals surface area (Å²) in [6.45, 7) is 3.62. The lowest BCUT2D eigenvalue weighted by molar-refractivity contribution is -0.150. The van der Waals surface area contributed by atoms with Gasteiger partial charge in [-0.05, 0) is 26.0 Å². The minimum Gasteiger partial charge on any atom is -0.478 e. The fourth-order valence-corrected chi connectivity index (χ4v) is 2.00. The number of ketones is 1. The minimum absolute atomic E-state index is 0.146. The van der Waals surface area contributed by atoms with E-state index in [9.17, 15) is 9.59 Å². The summed E-state index contributed by atoms with van der Waals surface area (Å²) < 4.78 is 10.5. The molecule has 2 aromatic rings. The monoisotopic (exact) mass is 298 g/mol. The molecule has 22 heavy (non-hydrogen) atoms. The van der Waals surface area contributed by atoms with Gasteiger partial charge in [0.1, 0.15) is 5.75 Å². The third-order valence-electron chi connectivity index (χ3n) is 3.09. The number of carbonyl (C=O) groups excluding carboxylic acids is 2. The van der Waals surface area contributed by atoms with Gasteiger partial charge in [0.2, 0.25) is 0 Å². The maximum Gasteiger partial charge on any atom is 0.347 e. The molecular weight excluding hydrogens is 280 g/mol. The number of para-hydroxylation sites is 1. The van der Waals surface area contributed by atoms with Crippen LogP contribution in [0.25, 0.3) is 0 Å². The molecule has 0 N–H and O–H groups in total. The molecule has 0 spiro atoms. The lowest BCUT2D eigenvalue weighted by atomic mass is 10.0. The number of carbonyl (C=O) groups is 2. The molecule has 0 bridgehead atoms. The lowest BCUT2D eigenvalue weighted by Crippen LogP contribution is -2.26. The van der Waals surface area contributed by atoms with Crippen LogP contribution >= 0.6 is 0 Å². The predicted molar refractivity (Wildman–Crippen MR) is 83.0 cm³/mol. The molecule has 0 aliphatic carbocycles. The van der Waals surface area contributed by atoms with Gasteiger partial charge in [0, 0.05) is 5.56 Å². The maximum absolute atomic E-state index is 12.5. The van der Waals surface area contributed by atoms with Crippen LogP contribution in [-0.2, 0) is 9.53 Å². The molecule has 0 radical (unpaired) electrons. The van der Waals surface area contributed by atoms with Crippen LogP contribution in [0.3, 0.4) is 0 Å². The summed E-state index contributed by atoms with van der Waals surface area (Å²) in [5.74, 6) is -0.228. The van der Waals surface area contributed by atoms with E-state index < -0.39 is 12.1 Å². The molecule has 1 atom stereocenters. The van der Waals surface area contributed by atoms with Crippen LogP contribution in [-0.4, -0.2) is 24.5 Å². The summed E-state index contributed by atoms with van der Waals surface area (Å²) in [5.41, 5.74) is 0.993. The SMILES string of the molecule is CCOC(=O)C(C)Oc1ccccc1C(=O)c1ccccc1. The van der Waals surface area contributed by atoms with E-state index in [4.69, 9.17) is 9.47 Å². The first-order valence-corrected chi connectivity index (χ1v) is 7.15. The lowest BCUT2D eigenvalue weighted by Gasteiger charge is -2.15. The quantitative estimate of drug-likeness (QED) is 0.607. The van der Waals surface area contributed by atoms with Gasteiger partial charge in [0.15, 0.2) is 11.9 Å². The van der Waals surface area contributed by atoms with Crippen molar-refractivity contribution in [3.05, 3.63) is 65.7 Å². The molecule has 0 aliphatic rings. The van der Waals surface area contributed by atoms with Gasteiger partial charge in [0.05, 0.1) is 12.2 Å². The number of ether oxygens (including phenoxy) is 2. The highest BCUT2D eigenvalue weighted by molar-refractivity contribution is 6.10. The number of esters is 1. The van der Waals surface area contributed by atoms with Crippen LogP contribution in [0.2, 0.25) is 0 Å². The van der Waals surface area contributed by atoms with E-state index >= 15 is 0 Å². The molecular formula is C18H18O4. The van der Waals surface area contributed by atoms with E-state index in [0.29, 0.717) is 16.9 Å². The van der Waals surface area contributed by atoms with Crippen molar-refractivity contribution in [2.75, 3.05) is 6.61 Å². The Morgan fingerprint density at radius 1 is 1.00 bits per heavy atom. The molecule has 0 saturated heterocycles. The number of benzene rings is 2. The molecule has 2 rings (SSSR count). The second-order valence-electron chi connectivity index (χ2n) is 4.70. The zero-order chi connectivity index (χ0) is 15.9. The van der Waals surface area contributed by atoms with Crippen molar-refractivity contribution in [1.29, 1.82) is 0 Å². The maximum atomic E-state index is 12.5. The van der Waals surface area contributed by atoms with E-state index in [1.165, 1.54) is 0 Å². The fourth-order valence-electron chi connectivity index (χ4n) is 2.00. The molecule has 0 aromatic heterocycles. The molecule has 0 heterocycles. The first-order valence-electron chi connectivity index (χ1n) is 7.15. The summed E-state index contributed by atoms with van der Waals surface area (Å²) in [4.78, 5) is 24.2. The van der Waals surface area contributed by atoms with Gasteiger partial charge in [-0.15, -0.1) is 0 Å². The number of hydrogen-bond donors (Lipinski definition) is 0. The number of rotatable bonds is 6. The van der Waals surface area contributed by atoms with Crippen molar-refractivity contribution in [2.45, 2.75) is 20.0 Å². The van der Waals surface area contributed by atoms with Crippen LogP contribution in [0.15, 0.2) is 54.6 Å². The van der Waals surface area contributed by atoms with Gasteiger partial charge in [-0.1, -0.05) is 42.5 Å². The Balaban J connectivity index is 2.24. The zero-order valence-electron chi connectivity index (χ0n) is 12.6. The highest BCUT2D eigenvalue weighted by atomic mass is 16.6. The van der Waals surface area contributed by atoms with E-state index in [0.717, 1.165) is 0 Å². The van der Waals surface area contributed by atoms with Crippen LogP contribution in [0.5, 0.6) is 5.75 Å². The van der Waals surface area contributed by atoms with Gasteiger partial charge in [-0.25, -0.2) is 4.79 Å². The smallest absolute Gasteiger partial charge is 0.347 e. The highest BCUT2D eigenvalue weighted by Gasteiger charge is 2.20. The summed E-state index contributed by atoms with van der Waals surface area (Å²) in [7, 11) is 0. The third-order valence-corrected chi connectivity index (χ3v) is 3.09. The van der Waals surface area contributed by atoms with Crippen molar-refractivity contribution in [2.24, 2.45) is 0 Å². The second-order valence-corrected chi connectivity index (χ2v) is 4.70. The van der Waals surface area contributed by atoms with Crippen LogP contribution in [0.4, 0.5) is 0 Å². The Labute approximate surface area is 129 Å². The van der Waals surface area contributed by atoms with Crippen molar-refractivity contribution in [1.82, 2.24) is 0 Å². The van der Waals surface area contributed by atoms with Crippen molar-refractivity contribution in [3.63, 3.8) is 0 Å². The first-order chi connectivity index (χ1) is 10.6. The van der Waals surface area contributed by atoms with Gasteiger partial charge in [-0.2, -0.15) is 0 Å². The van der Waals surface area contributed by atoms with Crippen LogP contribution in [0.1, 0.15) is 29.8 Å². The van der Waals surface area contributed by atoms with Gasteiger partial charge >= 0.3 is 5.97 Å². The molecule has 4 nitrogen and oxygen atoms in total. The van der Waals surface area contributed by atoms with E-state index in [-0.39, 0.29) is 12.4 Å². The van der Waals surface area contributed by atoms with E-state index in [2.05, 4.69) is 0 Å². The van der Waals surface area contributed by atoms with Gasteiger partial charge < -0.3 is 9.47 Å². The third kappa shape index (κ3) is 3.73. The standard InChI is InChI=1S/C18H18O4/c1-3-21-18(20)13(2)22-16-12-8-7-11-15(16)17(19)14-9-5-4-6-10-14/h4-13H,3H2,1-2H3. The van der Waals surface area contributed by atoms with Crippen LogP contribution < -0.4 is 4.74 Å². The Hall–Kier alpha value is -2.62. The Bertz CT molecular complexity index is 649. The van der Waals surface area contributed by atoms with Crippen molar-refractivity contribution in [3.8, 4) is 5.75 Å². The predicted octanol–water partition coefficient (Wildman–Crippen LogP) is 3.25. The second kappa shape index (κ2) is 7.41. The largest absolute Gasteiger partial charge is 0.478 e. The molecule has 0 amide bonds. The Morgan fingerprint density at radius 2 is 1.64 bits per heavy atom. The minimum atomic E-state index is -0.773. The molecule has 2 aromatic carbocycles. The average Bonchev–Trinajstić information content (AvgIpc) is 2.55. The topological polar surface area (TPSA) is 52.6 Å². The Kier molecular flexibility index (Phi) is 5.31. The van der Waals surface area contributed by atoms with Crippen molar-refractivity contribution < 1.29 is 19.1 Å². The summed E-state index contributed by atoms with van der Waals surface area (Å²) in [6, 6.07) is 15.8. The normalized spacial score (nSPS) is 11.5. The highest BCUT2D eigenvalue weighted by Crippen LogP contribution is 2.23. The summed E-state index contributed by atoms with van der Waals surface area (Å²) >= 11 is 0. The molecule has 0 saturated carbocycles. The van der Waals surface area contributed by atoms with Crippen molar-refractivity contribution >= 4 is 11.8 Å². The Morgan fingerprint density at radius 3 is 2.32 bits per heavy atom. The molecule has 1 unspecified atom stereocenters. The summed E-state index contributed by atoms with van der Waals surface area (Å²) in [5, 5.41) is 0. The van der Waals surface area contributed by atoms with E-state index in [1.807, 2.05) is 6.07 Å². The molecule has 114 valence electrons. The molecule has 4 heteroatoms. The van der Waals surface area contributed by atoms with Gasteiger partial charge in [0.25, 0.3) is 0 Å². The number of hydrogen-bond acceptors (Lipinski definition) is 4. The van der Waals surface area contributed by atoms with E-state index in [1.54, 1.807) is 62.4 Å². The fraction of sp³-hybridized carbons (Fsp3) is 0.222. The average molecular weight is 298 g/mol. The molecule has 0 aliphatic heterocycles. The van der Waals surface area contributed by atoms with Gasteiger partial charge in [-0.3, -0.25) is 4.79 Å². The van der Waals surface area contributed by atoms with Crippen LogP contribution in [0, 0.1) is 0 Å². The molecule has 0 fully saturated rings.